The number of halogens is 1. The molecule has 1 fully saturated rings. The van der Waals surface area contributed by atoms with Crippen LogP contribution in [-0.4, -0.2) is 62.2 Å². The summed E-state index contributed by atoms with van der Waals surface area (Å²) in [6.45, 7) is 12.4. The molecule has 0 atom stereocenters. The number of nitrogens with one attached hydrogen (secondary N) is 2. The number of hydrogen-bond donors (Lipinski definition) is 2. The van der Waals surface area contributed by atoms with Crippen molar-refractivity contribution in [1.29, 1.82) is 0 Å². The zero-order chi connectivity index (χ0) is 21.5. The standard InChI is InChI=1S/C22H33FN6S/c1-5-28-10-12-29(13-11-28)20-7-6-18(14-19(20)23)15-26-22(24-4)25-9-8-21-27-16(2)17(3)30-21/h6-7,14H,5,8-13,15H2,1-4H3,(H2,24,25,26). The summed E-state index contributed by atoms with van der Waals surface area (Å²) in [6.07, 6.45) is 0.856. The lowest BCUT2D eigenvalue weighted by atomic mass is 10.1. The van der Waals surface area contributed by atoms with Crippen LogP contribution in [-0.2, 0) is 13.0 Å². The maximum absolute atomic E-state index is 14.7. The molecule has 2 N–H and O–H groups in total. The smallest absolute Gasteiger partial charge is 0.191 e. The fourth-order valence-corrected chi connectivity index (χ4v) is 4.50. The summed E-state index contributed by atoms with van der Waals surface area (Å²) in [5, 5.41) is 7.70. The molecule has 8 heteroatoms. The maximum atomic E-state index is 14.7. The van der Waals surface area contributed by atoms with Crippen molar-refractivity contribution in [3.63, 3.8) is 0 Å². The van der Waals surface area contributed by atoms with Crippen LogP contribution in [0.2, 0.25) is 0 Å². The maximum Gasteiger partial charge on any atom is 0.191 e. The van der Waals surface area contributed by atoms with Gasteiger partial charge in [0.2, 0.25) is 0 Å². The number of guanidine groups is 1. The molecule has 30 heavy (non-hydrogen) atoms. The van der Waals surface area contributed by atoms with E-state index in [2.05, 4.69) is 44.3 Å². The third-order valence-corrected chi connectivity index (χ3v) is 6.69. The quantitative estimate of drug-likeness (QED) is 0.520. The molecule has 164 valence electrons. The molecule has 0 aliphatic carbocycles. The number of aryl methyl sites for hydroxylation is 2. The van der Waals surface area contributed by atoms with Gasteiger partial charge in [0.15, 0.2) is 5.96 Å². The molecule has 0 radical (unpaired) electrons. The highest BCUT2D eigenvalue weighted by Crippen LogP contribution is 2.22. The molecule has 0 amide bonds. The number of nitrogens with zero attached hydrogens (tertiary/aromatic N) is 4. The summed E-state index contributed by atoms with van der Waals surface area (Å²) in [5.74, 6) is 0.553. The van der Waals surface area contributed by atoms with Crippen molar-refractivity contribution in [3.8, 4) is 0 Å². The van der Waals surface area contributed by atoms with Gasteiger partial charge in [-0.25, -0.2) is 9.37 Å². The van der Waals surface area contributed by atoms with E-state index in [0.717, 1.165) is 62.0 Å². The first kappa shape index (κ1) is 22.5. The molecule has 0 bridgehead atoms. The Bertz CT molecular complexity index is 838. The summed E-state index contributed by atoms with van der Waals surface area (Å²) in [6, 6.07) is 5.52. The van der Waals surface area contributed by atoms with Crippen molar-refractivity contribution in [2.24, 2.45) is 4.99 Å². The highest BCUT2D eigenvalue weighted by Gasteiger charge is 2.18. The van der Waals surface area contributed by atoms with Gasteiger partial charge in [0, 0.05) is 57.6 Å². The van der Waals surface area contributed by atoms with Gasteiger partial charge in [-0.3, -0.25) is 4.99 Å². The fourth-order valence-electron chi connectivity index (χ4n) is 3.56. The van der Waals surface area contributed by atoms with Crippen LogP contribution in [0.1, 0.15) is 28.1 Å². The Morgan fingerprint density at radius 2 is 1.97 bits per heavy atom. The Morgan fingerprint density at radius 3 is 2.57 bits per heavy atom. The lowest BCUT2D eigenvalue weighted by molar-refractivity contribution is 0.270. The van der Waals surface area contributed by atoms with E-state index in [9.17, 15) is 4.39 Å². The molecular formula is C22H33FN6S. The number of likely N-dealkylation sites (N-methyl/N-ethyl adjacent to an activating group) is 1. The van der Waals surface area contributed by atoms with E-state index in [-0.39, 0.29) is 5.82 Å². The topological polar surface area (TPSA) is 55.8 Å². The molecule has 1 aliphatic heterocycles. The number of piperazine rings is 1. The molecule has 0 spiro atoms. The van der Waals surface area contributed by atoms with Crippen LogP contribution in [0.25, 0.3) is 0 Å². The Kier molecular flexibility index (Phi) is 8.04. The third-order valence-electron chi connectivity index (χ3n) is 5.56. The average molecular weight is 433 g/mol. The van der Waals surface area contributed by atoms with Crippen LogP contribution in [0.5, 0.6) is 0 Å². The van der Waals surface area contributed by atoms with E-state index >= 15 is 0 Å². The molecule has 3 rings (SSSR count). The molecule has 2 heterocycles. The minimum atomic E-state index is -0.156. The molecule has 6 nitrogen and oxygen atoms in total. The van der Waals surface area contributed by atoms with E-state index in [1.54, 1.807) is 24.5 Å². The second-order valence-corrected chi connectivity index (χ2v) is 8.85. The molecule has 1 aromatic carbocycles. The van der Waals surface area contributed by atoms with Gasteiger partial charge in [0.25, 0.3) is 0 Å². The van der Waals surface area contributed by atoms with Gasteiger partial charge in [0.1, 0.15) is 5.82 Å². The van der Waals surface area contributed by atoms with Crippen LogP contribution in [0.15, 0.2) is 23.2 Å². The van der Waals surface area contributed by atoms with Gasteiger partial charge in [-0.1, -0.05) is 13.0 Å². The zero-order valence-corrected chi connectivity index (χ0v) is 19.3. The average Bonchev–Trinajstić information content (AvgIpc) is 3.08. The fraction of sp³-hybridized carbons (Fsp3) is 0.545. The van der Waals surface area contributed by atoms with Crippen LogP contribution in [0.4, 0.5) is 10.1 Å². The molecule has 1 saturated heterocycles. The van der Waals surface area contributed by atoms with Gasteiger partial charge in [0.05, 0.1) is 16.4 Å². The number of thiazole rings is 1. The Balaban J connectivity index is 1.47. The van der Waals surface area contributed by atoms with Crippen molar-refractivity contribution in [2.75, 3.05) is 51.2 Å². The summed E-state index contributed by atoms with van der Waals surface area (Å²) >= 11 is 1.74. The third kappa shape index (κ3) is 5.92. The van der Waals surface area contributed by atoms with Crippen LogP contribution in [0, 0.1) is 19.7 Å². The Hall–Kier alpha value is -2.19. The van der Waals surface area contributed by atoms with Crippen LogP contribution in [0.3, 0.4) is 0 Å². The van der Waals surface area contributed by atoms with Crippen molar-refractivity contribution >= 4 is 23.0 Å². The first-order valence-corrected chi connectivity index (χ1v) is 11.4. The van der Waals surface area contributed by atoms with Crippen molar-refractivity contribution in [2.45, 2.75) is 33.7 Å². The largest absolute Gasteiger partial charge is 0.367 e. The van der Waals surface area contributed by atoms with E-state index in [4.69, 9.17) is 0 Å². The van der Waals surface area contributed by atoms with Crippen molar-refractivity contribution < 1.29 is 4.39 Å². The Morgan fingerprint density at radius 1 is 1.20 bits per heavy atom. The molecule has 2 aromatic rings. The Labute approximate surface area is 183 Å². The predicted molar refractivity (Wildman–Crippen MR) is 124 cm³/mol. The second-order valence-electron chi connectivity index (χ2n) is 7.56. The van der Waals surface area contributed by atoms with E-state index in [0.29, 0.717) is 18.2 Å². The summed E-state index contributed by atoms with van der Waals surface area (Å²) in [5.41, 5.74) is 2.71. The number of benzene rings is 1. The van der Waals surface area contributed by atoms with E-state index in [1.807, 2.05) is 19.1 Å². The number of rotatable bonds is 7. The molecule has 1 aliphatic rings. The highest BCUT2D eigenvalue weighted by atomic mass is 32.1. The minimum Gasteiger partial charge on any atom is -0.367 e. The lowest BCUT2D eigenvalue weighted by Crippen LogP contribution is -2.46. The summed E-state index contributed by atoms with van der Waals surface area (Å²) < 4.78 is 14.7. The van der Waals surface area contributed by atoms with E-state index < -0.39 is 0 Å². The van der Waals surface area contributed by atoms with Gasteiger partial charge in [-0.15, -0.1) is 11.3 Å². The zero-order valence-electron chi connectivity index (χ0n) is 18.5. The normalized spacial score (nSPS) is 15.5. The highest BCUT2D eigenvalue weighted by molar-refractivity contribution is 7.11. The summed E-state index contributed by atoms with van der Waals surface area (Å²) in [4.78, 5) is 14.6. The molecule has 0 saturated carbocycles. The molecule has 1 aromatic heterocycles. The first-order valence-electron chi connectivity index (χ1n) is 10.6. The lowest BCUT2D eigenvalue weighted by Gasteiger charge is -2.35. The first-order chi connectivity index (χ1) is 14.5. The van der Waals surface area contributed by atoms with E-state index in [1.165, 1.54) is 4.88 Å². The van der Waals surface area contributed by atoms with Gasteiger partial charge in [-0.2, -0.15) is 0 Å². The number of aromatic nitrogens is 1. The monoisotopic (exact) mass is 432 g/mol. The van der Waals surface area contributed by atoms with Crippen molar-refractivity contribution in [1.82, 2.24) is 20.5 Å². The predicted octanol–water partition coefficient (Wildman–Crippen LogP) is 2.95. The summed E-state index contributed by atoms with van der Waals surface area (Å²) in [7, 11) is 1.74. The second kappa shape index (κ2) is 10.7. The van der Waals surface area contributed by atoms with Gasteiger partial charge < -0.3 is 20.4 Å². The van der Waals surface area contributed by atoms with Crippen molar-refractivity contribution in [3.05, 3.63) is 45.2 Å². The van der Waals surface area contributed by atoms with Crippen LogP contribution < -0.4 is 15.5 Å². The number of aliphatic imine (C=N–C) groups is 1. The molecule has 0 unspecified atom stereocenters. The van der Waals surface area contributed by atoms with Gasteiger partial charge in [-0.05, 0) is 38.1 Å². The number of anilines is 1. The number of hydrogen-bond acceptors (Lipinski definition) is 5. The van der Waals surface area contributed by atoms with Gasteiger partial charge >= 0.3 is 0 Å². The van der Waals surface area contributed by atoms with Crippen LogP contribution >= 0.6 is 11.3 Å². The minimum absolute atomic E-state index is 0.156. The molecular weight excluding hydrogens is 399 g/mol. The SMILES string of the molecule is CCN1CCN(c2ccc(CNC(=NC)NCCc3nc(C)c(C)s3)cc2F)CC1.